The van der Waals surface area contributed by atoms with Crippen LogP contribution in [0.5, 0.6) is 0 Å². The molecule has 3 nitrogen and oxygen atoms in total. The smallest absolute Gasteiger partial charge is 0.320 e. The van der Waals surface area contributed by atoms with Gasteiger partial charge in [0.1, 0.15) is 6.04 Å². The highest BCUT2D eigenvalue weighted by atomic mass is 16.4. The van der Waals surface area contributed by atoms with Crippen molar-refractivity contribution in [1.29, 1.82) is 0 Å². The summed E-state index contributed by atoms with van der Waals surface area (Å²) in [6, 6.07) is -0.136. The van der Waals surface area contributed by atoms with Crippen LogP contribution >= 0.6 is 0 Å². The van der Waals surface area contributed by atoms with Gasteiger partial charge in [0, 0.05) is 6.04 Å². The molecule has 0 saturated carbocycles. The molecular formula is C8H17NO2. The molecule has 0 heterocycles. The molecule has 0 aromatic heterocycles. The Morgan fingerprint density at radius 1 is 1.55 bits per heavy atom. The van der Waals surface area contributed by atoms with E-state index in [4.69, 9.17) is 5.11 Å². The van der Waals surface area contributed by atoms with Gasteiger partial charge in [0.2, 0.25) is 0 Å². The van der Waals surface area contributed by atoms with E-state index in [9.17, 15) is 4.79 Å². The summed E-state index contributed by atoms with van der Waals surface area (Å²) in [6.45, 7) is 5.75. The van der Waals surface area contributed by atoms with Crippen molar-refractivity contribution in [3.63, 3.8) is 0 Å². The van der Waals surface area contributed by atoms with Crippen LogP contribution in [0.1, 0.15) is 33.6 Å². The number of rotatable bonds is 5. The molecule has 2 N–H and O–H groups in total. The highest BCUT2D eigenvalue weighted by molar-refractivity contribution is 5.72. The van der Waals surface area contributed by atoms with Crippen molar-refractivity contribution >= 4 is 5.97 Å². The summed E-state index contributed by atoms with van der Waals surface area (Å²) >= 11 is 0. The molecule has 0 aliphatic rings. The van der Waals surface area contributed by atoms with Crippen molar-refractivity contribution in [2.24, 2.45) is 0 Å². The van der Waals surface area contributed by atoms with Crippen molar-refractivity contribution < 1.29 is 9.90 Å². The maximum atomic E-state index is 10.4. The molecule has 0 aliphatic carbocycles. The third kappa shape index (κ3) is 4.79. The van der Waals surface area contributed by atoms with Gasteiger partial charge in [-0.05, 0) is 20.3 Å². The van der Waals surface area contributed by atoms with Gasteiger partial charge in [-0.2, -0.15) is 0 Å². The van der Waals surface area contributed by atoms with Crippen LogP contribution in [0.15, 0.2) is 0 Å². The second-order valence-electron chi connectivity index (χ2n) is 2.92. The van der Waals surface area contributed by atoms with Crippen LogP contribution in [-0.4, -0.2) is 23.2 Å². The van der Waals surface area contributed by atoms with Crippen LogP contribution in [0.3, 0.4) is 0 Å². The summed E-state index contributed by atoms with van der Waals surface area (Å²) in [5.41, 5.74) is 0. The van der Waals surface area contributed by atoms with Gasteiger partial charge in [0.15, 0.2) is 0 Å². The highest BCUT2D eigenvalue weighted by Gasteiger charge is 2.12. The summed E-state index contributed by atoms with van der Waals surface area (Å²) in [6.07, 6.45) is 2.11. The van der Waals surface area contributed by atoms with E-state index >= 15 is 0 Å². The number of carbonyl (C=O) groups is 1. The minimum atomic E-state index is -0.784. The first-order valence-corrected chi connectivity index (χ1v) is 4.06. The van der Waals surface area contributed by atoms with Gasteiger partial charge in [-0.15, -0.1) is 0 Å². The second kappa shape index (κ2) is 5.13. The molecule has 0 fully saturated rings. The fourth-order valence-corrected chi connectivity index (χ4v) is 1.01. The average Bonchev–Trinajstić information content (AvgIpc) is 1.87. The highest BCUT2D eigenvalue weighted by Crippen LogP contribution is 1.96. The Hall–Kier alpha value is -0.570. The summed E-state index contributed by atoms with van der Waals surface area (Å²) in [7, 11) is 0. The number of carboxylic acid groups (broad SMARTS) is 1. The predicted octanol–water partition coefficient (Wildman–Crippen LogP) is 1.24. The fourth-order valence-electron chi connectivity index (χ4n) is 1.01. The number of carboxylic acids is 1. The molecule has 0 radical (unpaired) electrons. The summed E-state index contributed by atoms with van der Waals surface area (Å²) in [5.74, 6) is -0.784. The summed E-state index contributed by atoms with van der Waals surface area (Å²) < 4.78 is 0. The Bertz CT molecular complexity index is 125. The fraction of sp³-hybridized carbons (Fsp3) is 0.875. The molecule has 2 unspecified atom stereocenters. The van der Waals surface area contributed by atoms with E-state index in [0.29, 0.717) is 6.04 Å². The summed E-state index contributed by atoms with van der Waals surface area (Å²) in [4.78, 5) is 10.4. The lowest BCUT2D eigenvalue weighted by Crippen LogP contribution is -2.39. The molecule has 2 atom stereocenters. The molecule has 0 saturated heterocycles. The summed E-state index contributed by atoms with van der Waals surface area (Å²) in [5, 5.41) is 11.5. The Morgan fingerprint density at radius 2 is 2.09 bits per heavy atom. The third-order valence-electron chi connectivity index (χ3n) is 1.63. The topological polar surface area (TPSA) is 49.3 Å². The van der Waals surface area contributed by atoms with E-state index in [2.05, 4.69) is 12.2 Å². The third-order valence-corrected chi connectivity index (χ3v) is 1.63. The van der Waals surface area contributed by atoms with E-state index in [0.717, 1.165) is 12.8 Å². The molecule has 0 spiro atoms. The second-order valence-corrected chi connectivity index (χ2v) is 2.92. The zero-order chi connectivity index (χ0) is 8.85. The quantitative estimate of drug-likeness (QED) is 0.634. The Morgan fingerprint density at radius 3 is 2.45 bits per heavy atom. The van der Waals surface area contributed by atoms with Crippen LogP contribution in [0.4, 0.5) is 0 Å². The Kier molecular flexibility index (Phi) is 4.86. The van der Waals surface area contributed by atoms with Crippen LogP contribution in [0.2, 0.25) is 0 Å². The predicted molar refractivity (Wildman–Crippen MR) is 44.6 cm³/mol. The molecule has 0 aromatic carbocycles. The van der Waals surface area contributed by atoms with Crippen molar-refractivity contribution in [3.05, 3.63) is 0 Å². The van der Waals surface area contributed by atoms with Gasteiger partial charge in [-0.1, -0.05) is 13.3 Å². The lowest BCUT2D eigenvalue weighted by molar-refractivity contribution is -0.139. The van der Waals surface area contributed by atoms with Crippen LogP contribution in [-0.2, 0) is 4.79 Å². The van der Waals surface area contributed by atoms with E-state index in [1.54, 1.807) is 6.92 Å². The van der Waals surface area contributed by atoms with Gasteiger partial charge in [0.05, 0.1) is 0 Å². The van der Waals surface area contributed by atoms with Gasteiger partial charge in [-0.25, -0.2) is 0 Å². The Labute approximate surface area is 67.8 Å². The lowest BCUT2D eigenvalue weighted by atomic mass is 10.2. The first-order chi connectivity index (χ1) is 5.07. The molecule has 3 heteroatoms. The van der Waals surface area contributed by atoms with E-state index in [1.165, 1.54) is 0 Å². The largest absolute Gasteiger partial charge is 0.480 e. The van der Waals surface area contributed by atoms with Crippen LogP contribution < -0.4 is 5.32 Å². The molecule has 0 amide bonds. The molecular weight excluding hydrogens is 142 g/mol. The van der Waals surface area contributed by atoms with Crippen molar-refractivity contribution in [2.45, 2.75) is 45.7 Å². The minimum Gasteiger partial charge on any atom is -0.480 e. The van der Waals surface area contributed by atoms with Gasteiger partial charge < -0.3 is 10.4 Å². The zero-order valence-electron chi connectivity index (χ0n) is 7.42. The van der Waals surface area contributed by atoms with Crippen LogP contribution in [0.25, 0.3) is 0 Å². The average molecular weight is 159 g/mol. The first kappa shape index (κ1) is 10.4. The van der Waals surface area contributed by atoms with E-state index in [1.807, 2.05) is 6.92 Å². The number of nitrogens with one attached hydrogen (secondary N) is 1. The standard InChI is InChI=1S/C8H17NO2/c1-4-5-6(2)9-7(3)8(10)11/h6-7,9H,4-5H2,1-3H3,(H,10,11). The maximum Gasteiger partial charge on any atom is 0.320 e. The van der Waals surface area contributed by atoms with E-state index in [-0.39, 0.29) is 0 Å². The number of hydrogen-bond acceptors (Lipinski definition) is 2. The molecule has 66 valence electrons. The van der Waals surface area contributed by atoms with Crippen molar-refractivity contribution in [3.8, 4) is 0 Å². The number of hydrogen-bond donors (Lipinski definition) is 2. The van der Waals surface area contributed by atoms with Crippen molar-refractivity contribution in [1.82, 2.24) is 5.32 Å². The molecule has 0 aromatic rings. The van der Waals surface area contributed by atoms with Crippen molar-refractivity contribution in [2.75, 3.05) is 0 Å². The maximum absolute atomic E-state index is 10.4. The SMILES string of the molecule is CCCC(C)NC(C)C(=O)O. The number of aliphatic carboxylic acids is 1. The molecule has 0 bridgehead atoms. The van der Waals surface area contributed by atoms with Gasteiger partial charge in [-0.3, -0.25) is 4.79 Å². The lowest BCUT2D eigenvalue weighted by Gasteiger charge is -2.15. The monoisotopic (exact) mass is 159 g/mol. The molecule has 0 rings (SSSR count). The molecule has 11 heavy (non-hydrogen) atoms. The Balaban J connectivity index is 3.56. The first-order valence-electron chi connectivity index (χ1n) is 4.06. The van der Waals surface area contributed by atoms with E-state index < -0.39 is 12.0 Å². The van der Waals surface area contributed by atoms with Gasteiger partial charge >= 0.3 is 5.97 Å². The zero-order valence-corrected chi connectivity index (χ0v) is 7.42. The minimum absolute atomic E-state index is 0.297. The van der Waals surface area contributed by atoms with Gasteiger partial charge in [0.25, 0.3) is 0 Å². The normalized spacial score (nSPS) is 15.9. The molecule has 0 aliphatic heterocycles. The van der Waals surface area contributed by atoms with Crippen LogP contribution in [0, 0.1) is 0 Å².